The zero-order valence-corrected chi connectivity index (χ0v) is 27.5. The summed E-state index contributed by atoms with van der Waals surface area (Å²) >= 11 is 0.772. The van der Waals surface area contributed by atoms with Crippen molar-refractivity contribution >= 4 is 92.1 Å². The van der Waals surface area contributed by atoms with Gasteiger partial charge in [-0.1, -0.05) is 115 Å². The Morgan fingerprint density at radius 1 is 0.472 bits per heavy atom. The lowest BCUT2D eigenvalue weighted by atomic mass is 9.94. The van der Waals surface area contributed by atoms with Crippen molar-refractivity contribution in [3.8, 4) is 22.3 Å². The third-order valence-corrected chi connectivity index (χ3v) is 9.81. The zero-order valence-electron chi connectivity index (χ0n) is 51.7. The highest BCUT2D eigenvalue weighted by Gasteiger charge is 2.19. The Morgan fingerprint density at radius 2 is 1.17 bits per heavy atom. The second-order valence-corrected chi connectivity index (χ2v) is 12.8. The standard InChI is InChI=1S/C50H31NOS/c1-2-13-38(14-3-1)51(39-23-20-33(21-24-39)35-19-18-32-10-4-5-11-34(32)28-35)40-25-27-48-45(31-40)49-43(29-36-12-6-7-15-41(36)50(49)53-48)37-22-26-47-44(30-37)42-16-8-9-17-46(42)52-47/h1-31H/i4D,5D,6D,7D,8D,9D,10D,11D,12D,15D,16D,17D,18D,19D,20D,21D,22D,23D,24D,25D,26D,27D,28D,29D,30D. The zero-order chi connectivity index (χ0) is 56.6. The van der Waals surface area contributed by atoms with Crippen molar-refractivity contribution in [2.75, 3.05) is 4.90 Å². The Bertz CT molecular complexity index is 4600. The maximum absolute atomic E-state index is 9.86. The summed E-state index contributed by atoms with van der Waals surface area (Å²) in [5.74, 6) is 0. The van der Waals surface area contributed by atoms with Gasteiger partial charge in [-0.2, -0.15) is 0 Å². The molecular formula is C50H31NOS. The first-order valence-electron chi connectivity index (χ1n) is 28.5. The summed E-state index contributed by atoms with van der Waals surface area (Å²) in [6.07, 6.45) is 0. The molecule has 0 aliphatic carbocycles. The quantitative estimate of drug-likeness (QED) is 0.176. The van der Waals surface area contributed by atoms with E-state index in [0.717, 1.165) is 16.2 Å². The molecule has 0 bridgehead atoms. The third kappa shape index (κ3) is 4.93. The van der Waals surface area contributed by atoms with Gasteiger partial charge in [0.25, 0.3) is 0 Å². The number of hydrogen-bond acceptors (Lipinski definition) is 3. The summed E-state index contributed by atoms with van der Waals surface area (Å²) in [5.41, 5.74) is -3.87. The molecule has 3 heteroatoms. The molecule has 9 aromatic carbocycles. The summed E-state index contributed by atoms with van der Waals surface area (Å²) < 4.78 is 231. The van der Waals surface area contributed by atoms with Gasteiger partial charge in [0.05, 0.1) is 34.3 Å². The molecule has 0 aliphatic heterocycles. The number of thiophene rings is 1. The largest absolute Gasteiger partial charge is 0.456 e. The molecule has 2 aromatic heterocycles. The normalized spacial score (nSPS) is 18.4. The fourth-order valence-corrected chi connectivity index (χ4v) is 7.45. The Balaban J connectivity index is 1.28. The fraction of sp³-hybridized carbons (Fsp3) is 0. The topological polar surface area (TPSA) is 16.4 Å². The van der Waals surface area contributed by atoms with E-state index in [-0.39, 0.29) is 58.7 Å². The number of furan rings is 1. The molecule has 0 N–H and O–H groups in total. The molecule has 0 spiro atoms. The van der Waals surface area contributed by atoms with Gasteiger partial charge in [0.15, 0.2) is 0 Å². The van der Waals surface area contributed by atoms with E-state index in [0.29, 0.717) is 0 Å². The number of hydrogen-bond donors (Lipinski definition) is 0. The van der Waals surface area contributed by atoms with E-state index in [1.54, 1.807) is 18.2 Å². The number of benzene rings is 9. The molecule has 0 radical (unpaired) electrons. The van der Waals surface area contributed by atoms with Crippen molar-refractivity contribution in [2.24, 2.45) is 0 Å². The SMILES string of the molecule is [2H]c1c([2H])c(N(c2ccccc2)c2cc3c(sc4c5c([2H])c([2H])c([2H])c([2H])c5c([2H])c(-c5c([2H])c([2H])c6oc7c([2H])c([2H])c([2H])c([2H])c7c6c5[2H])c34)c([2H])c2[2H])c([2H])c([2H])c1-c1c([2H])c([2H])c2c([2H])c([2H])c([2H])c([2H])c2c1[2H]. The molecule has 0 atom stereocenters. The monoisotopic (exact) mass is 718 g/mol. The van der Waals surface area contributed by atoms with Gasteiger partial charge in [-0.3, -0.25) is 0 Å². The first-order valence-corrected chi connectivity index (χ1v) is 16.8. The lowest BCUT2D eigenvalue weighted by Crippen LogP contribution is -2.09. The molecule has 0 unspecified atom stereocenters. The lowest BCUT2D eigenvalue weighted by molar-refractivity contribution is 0.669. The minimum absolute atomic E-state index is 0.0290. The number of fused-ring (bicyclic) bond motifs is 9. The predicted molar refractivity (Wildman–Crippen MR) is 227 cm³/mol. The molecule has 0 amide bonds. The van der Waals surface area contributed by atoms with Crippen LogP contribution in [-0.2, 0) is 0 Å². The minimum Gasteiger partial charge on any atom is -0.456 e. The van der Waals surface area contributed by atoms with Crippen molar-refractivity contribution in [1.82, 2.24) is 0 Å². The predicted octanol–water partition coefficient (Wildman–Crippen LogP) is 15.1. The Hall–Kier alpha value is -6.68. The lowest BCUT2D eigenvalue weighted by Gasteiger charge is -2.26. The van der Waals surface area contributed by atoms with Crippen LogP contribution < -0.4 is 4.90 Å². The van der Waals surface area contributed by atoms with E-state index in [1.165, 1.54) is 18.2 Å². The fourth-order valence-electron chi connectivity index (χ4n) is 6.31. The number of nitrogens with zero attached hydrogens (tertiary/aromatic N) is 1. The van der Waals surface area contributed by atoms with Gasteiger partial charge >= 0.3 is 0 Å². The van der Waals surface area contributed by atoms with Gasteiger partial charge in [-0.05, 0) is 116 Å². The van der Waals surface area contributed by atoms with Crippen LogP contribution in [0.3, 0.4) is 0 Å². The number of para-hydroxylation sites is 2. The van der Waals surface area contributed by atoms with Gasteiger partial charge in [0, 0.05) is 48.0 Å². The van der Waals surface area contributed by atoms with Gasteiger partial charge < -0.3 is 9.32 Å². The van der Waals surface area contributed by atoms with Crippen molar-refractivity contribution in [3.63, 3.8) is 0 Å². The van der Waals surface area contributed by atoms with E-state index in [4.69, 9.17) is 25.0 Å². The second-order valence-electron chi connectivity index (χ2n) is 11.7. The van der Waals surface area contributed by atoms with Crippen LogP contribution in [0.2, 0.25) is 0 Å². The average molecular weight is 719 g/mol. The van der Waals surface area contributed by atoms with Gasteiger partial charge in [0.2, 0.25) is 0 Å². The molecule has 0 aliphatic rings. The van der Waals surface area contributed by atoms with E-state index >= 15 is 0 Å². The summed E-state index contributed by atoms with van der Waals surface area (Å²) in [6.45, 7) is 0. The van der Waals surface area contributed by atoms with E-state index < -0.39 is 195 Å². The van der Waals surface area contributed by atoms with E-state index in [9.17, 15) is 13.7 Å². The highest BCUT2D eigenvalue weighted by atomic mass is 32.1. The van der Waals surface area contributed by atoms with Crippen LogP contribution in [0.5, 0.6) is 0 Å². The first-order chi connectivity index (χ1) is 36.7. The summed E-state index contributed by atoms with van der Waals surface area (Å²) in [4.78, 5) is 1.13. The molecule has 11 rings (SSSR count). The van der Waals surface area contributed by atoms with Gasteiger partial charge in [-0.25, -0.2) is 0 Å². The van der Waals surface area contributed by atoms with E-state index in [1.807, 2.05) is 0 Å². The van der Waals surface area contributed by atoms with Crippen LogP contribution in [0.4, 0.5) is 17.1 Å². The van der Waals surface area contributed by atoms with Crippen LogP contribution in [0.1, 0.15) is 34.3 Å². The van der Waals surface area contributed by atoms with Crippen molar-refractivity contribution < 1.29 is 38.7 Å². The van der Waals surface area contributed by atoms with Crippen molar-refractivity contribution in [3.05, 3.63) is 187 Å². The maximum Gasteiger partial charge on any atom is 0.135 e. The van der Waals surface area contributed by atoms with Gasteiger partial charge in [-0.15, -0.1) is 11.3 Å². The molecule has 2 nitrogen and oxygen atoms in total. The minimum atomic E-state index is -0.876. The van der Waals surface area contributed by atoms with Crippen molar-refractivity contribution in [1.29, 1.82) is 0 Å². The molecule has 0 fully saturated rings. The number of anilines is 3. The van der Waals surface area contributed by atoms with E-state index in [2.05, 4.69) is 0 Å². The third-order valence-electron chi connectivity index (χ3n) is 8.67. The smallest absolute Gasteiger partial charge is 0.135 e. The summed E-state index contributed by atoms with van der Waals surface area (Å²) in [7, 11) is 0. The van der Waals surface area contributed by atoms with Crippen molar-refractivity contribution in [2.45, 2.75) is 0 Å². The second kappa shape index (κ2) is 11.9. The summed E-state index contributed by atoms with van der Waals surface area (Å²) in [6, 6.07) is -9.17. The molecule has 0 saturated heterocycles. The Labute approximate surface area is 345 Å². The Kier molecular flexibility index (Phi) is 3.24. The van der Waals surface area contributed by atoms with Crippen LogP contribution >= 0.6 is 11.3 Å². The molecule has 53 heavy (non-hydrogen) atoms. The van der Waals surface area contributed by atoms with Gasteiger partial charge in [0.1, 0.15) is 11.2 Å². The Morgan fingerprint density at radius 3 is 2.04 bits per heavy atom. The van der Waals surface area contributed by atoms with Crippen LogP contribution in [0, 0.1) is 0 Å². The van der Waals surface area contributed by atoms with Crippen LogP contribution in [0.25, 0.3) is 85.9 Å². The molecule has 11 aromatic rings. The molecule has 0 saturated carbocycles. The molecule has 248 valence electrons. The maximum atomic E-state index is 9.86. The summed E-state index contributed by atoms with van der Waals surface area (Å²) in [5, 5.41) is -2.41. The molecule has 2 heterocycles. The first kappa shape index (κ1) is 14.4. The highest BCUT2D eigenvalue weighted by Crippen LogP contribution is 2.47. The average Bonchev–Trinajstić information content (AvgIpc) is 4.22. The number of rotatable bonds is 5. The molecular weight excluding hydrogens is 663 g/mol. The van der Waals surface area contributed by atoms with Crippen LogP contribution in [0.15, 0.2) is 192 Å². The highest BCUT2D eigenvalue weighted by molar-refractivity contribution is 7.26. The van der Waals surface area contributed by atoms with Crippen LogP contribution in [-0.4, -0.2) is 0 Å².